The Hall–Kier alpha value is -2.51. The van der Waals surface area contributed by atoms with Crippen LogP contribution in [0.3, 0.4) is 0 Å². The molecule has 2 heterocycles. The second-order valence-electron chi connectivity index (χ2n) is 6.13. The van der Waals surface area contributed by atoms with Gasteiger partial charge in [-0.15, -0.1) is 10.2 Å². The van der Waals surface area contributed by atoms with Gasteiger partial charge >= 0.3 is 0 Å². The van der Waals surface area contributed by atoms with Crippen LogP contribution >= 0.6 is 11.3 Å². The first-order chi connectivity index (χ1) is 13.7. The molecule has 0 aliphatic carbocycles. The Labute approximate surface area is 169 Å². The molecule has 3 rings (SSSR count). The molecule has 156 valence electrons. The minimum Gasteiger partial charge on any atom is -0.340 e. The highest BCUT2D eigenvalue weighted by Gasteiger charge is 2.29. The number of hydrogen-bond donors (Lipinski definition) is 1. The molecule has 1 aliphatic heterocycles. The molecule has 2 aromatic rings. The van der Waals surface area contributed by atoms with E-state index in [1.165, 1.54) is 35.5 Å². The molecule has 0 unspecified atom stereocenters. The van der Waals surface area contributed by atoms with Crippen molar-refractivity contribution in [3.05, 3.63) is 34.8 Å². The second-order valence-corrected chi connectivity index (χ2v) is 9.08. The Morgan fingerprint density at radius 3 is 2.24 bits per heavy atom. The highest BCUT2D eigenvalue weighted by molar-refractivity contribution is 7.89. The van der Waals surface area contributed by atoms with E-state index in [4.69, 9.17) is 0 Å². The van der Waals surface area contributed by atoms with Crippen LogP contribution in [-0.2, 0) is 14.8 Å². The van der Waals surface area contributed by atoms with Crippen LogP contribution in [-0.4, -0.2) is 65.8 Å². The van der Waals surface area contributed by atoms with E-state index in [0.29, 0.717) is 24.4 Å². The zero-order valence-corrected chi connectivity index (χ0v) is 16.8. The Kier molecular flexibility index (Phi) is 6.19. The Bertz CT molecular complexity index is 1000. The molecule has 9 nitrogen and oxygen atoms in total. The van der Waals surface area contributed by atoms with E-state index in [-0.39, 0.29) is 34.6 Å². The van der Waals surface area contributed by atoms with Gasteiger partial charge in [-0.1, -0.05) is 11.3 Å². The van der Waals surface area contributed by atoms with E-state index >= 15 is 0 Å². The van der Waals surface area contributed by atoms with E-state index < -0.39 is 27.4 Å². The largest absolute Gasteiger partial charge is 0.340 e. The van der Waals surface area contributed by atoms with Gasteiger partial charge in [0.15, 0.2) is 5.01 Å². The summed E-state index contributed by atoms with van der Waals surface area (Å²) in [5, 5.41) is 8.50. The summed E-state index contributed by atoms with van der Waals surface area (Å²) >= 11 is 0.558. The van der Waals surface area contributed by atoms with Crippen LogP contribution in [0.4, 0.5) is 13.9 Å². The fourth-order valence-electron chi connectivity index (χ4n) is 2.71. The van der Waals surface area contributed by atoms with Crippen molar-refractivity contribution in [3.8, 4) is 0 Å². The molecule has 2 amide bonds. The highest BCUT2D eigenvalue weighted by Crippen LogP contribution is 2.25. The van der Waals surface area contributed by atoms with Gasteiger partial charge < -0.3 is 4.90 Å². The third-order valence-electron chi connectivity index (χ3n) is 4.29. The number of sulfonamides is 1. The number of hydrogen-bond acceptors (Lipinski definition) is 7. The van der Waals surface area contributed by atoms with Crippen LogP contribution < -0.4 is 5.32 Å². The Morgan fingerprint density at radius 1 is 1.10 bits per heavy atom. The van der Waals surface area contributed by atoms with Crippen molar-refractivity contribution in [2.24, 2.45) is 0 Å². The fraction of sp³-hybridized carbons (Fsp3) is 0.375. The molecule has 0 bridgehead atoms. The van der Waals surface area contributed by atoms with E-state index in [2.05, 4.69) is 15.5 Å². The average molecular weight is 445 g/mol. The van der Waals surface area contributed by atoms with Gasteiger partial charge in [-0.3, -0.25) is 14.9 Å². The average Bonchev–Trinajstić information content (AvgIpc) is 3.17. The number of carbonyl (C=O) groups excluding carboxylic acids is 2. The third kappa shape index (κ3) is 4.74. The van der Waals surface area contributed by atoms with Gasteiger partial charge in [0.05, 0.1) is 4.90 Å². The molecule has 1 N–H and O–H groups in total. The Balaban J connectivity index is 1.67. The number of halogens is 2. The molecule has 0 spiro atoms. The normalized spacial score (nSPS) is 15.5. The number of rotatable bonds is 5. The minimum atomic E-state index is -3.76. The summed E-state index contributed by atoms with van der Waals surface area (Å²) in [6.07, 6.45) is -2.78. The monoisotopic (exact) mass is 445 g/mol. The van der Waals surface area contributed by atoms with Crippen molar-refractivity contribution in [3.63, 3.8) is 0 Å². The maximum Gasteiger partial charge on any atom is 0.291 e. The number of alkyl halides is 2. The number of benzene rings is 1. The molecular formula is C16H17F2N5O4S2. The first-order valence-electron chi connectivity index (χ1n) is 8.47. The van der Waals surface area contributed by atoms with Crippen LogP contribution in [0.15, 0.2) is 29.2 Å². The summed E-state index contributed by atoms with van der Waals surface area (Å²) in [6, 6.07) is 5.24. The number of anilines is 1. The SMILES string of the molecule is CC(=O)N1CCN(S(=O)(=O)c2ccc(C(=O)Nc3nnc(C(F)F)s3)cc2)CC1. The van der Waals surface area contributed by atoms with Crippen molar-refractivity contribution in [2.45, 2.75) is 18.2 Å². The number of nitrogens with one attached hydrogen (secondary N) is 1. The summed E-state index contributed by atoms with van der Waals surface area (Å²) < 4.78 is 51.8. The maximum absolute atomic E-state index is 12.7. The van der Waals surface area contributed by atoms with Crippen molar-refractivity contribution >= 4 is 38.3 Å². The number of amides is 2. The molecule has 29 heavy (non-hydrogen) atoms. The van der Waals surface area contributed by atoms with Gasteiger partial charge in [0, 0.05) is 38.7 Å². The first-order valence-corrected chi connectivity index (χ1v) is 10.7. The van der Waals surface area contributed by atoms with Gasteiger partial charge in [-0.05, 0) is 24.3 Å². The van der Waals surface area contributed by atoms with Crippen LogP contribution in [0.1, 0.15) is 28.7 Å². The predicted molar refractivity (Wildman–Crippen MR) is 100 cm³/mol. The van der Waals surface area contributed by atoms with Crippen LogP contribution in [0, 0.1) is 0 Å². The zero-order chi connectivity index (χ0) is 21.2. The minimum absolute atomic E-state index is 0.0150. The van der Waals surface area contributed by atoms with Crippen molar-refractivity contribution < 1.29 is 26.8 Å². The van der Waals surface area contributed by atoms with E-state index in [1.54, 1.807) is 4.90 Å². The summed E-state index contributed by atoms with van der Waals surface area (Å²) in [5.74, 6) is -0.727. The van der Waals surface area contributed by atoms with Crippen LogP contribution in [0.25, 0.3) is 0 Å². The molecule has 0 atom stereocenters. The Morgan fingerprint density at radius 2 is 1.72 bits per heavy atom. The lowest BCUT2D eigenvalue weighted by Crippen LogP contribution is -2.49. The summed E-state index contributed by atoms with van der Waals surface area (Å²) in [5.41, 5.74) is 0.138. The molecule has 0 saturated carbocycles. The van der Waals surface area contributed by atoms with Crippen molar-refractivity contribution in [1.29, 1.82) is 0 Å². The van der Waals surface area contributed by atoms with Crippen LogP contribution in [0.5, 0.6) is 0 Å². The van der Waals surface area contributed by atoms with Crippen molar-refractivity contribution in [2.75, 3.05) is 31.5 Å². The van der Waals surface area contributed by atoms with Gasteiger partial charge in [0.25, 0.3) is 12.3 Å². The second kappa shape index (κ2) is 8.47. The number of carbonyl (C=O) groups is 2. The van der Waals surface area contributed by atoms with E-state index in [1.807, 2.05) is 0 Å². The third-order valence-corrected chi connectivity index (χ3v) is 7.04. The molecule has 1 saturated heterocycles. The zero-order valence-electron chi connectivity index (χ0n) is 15.2. The summed E-state index contributed by atoms with van der Waals surface area (Å²) in [4.78, 5) is 25.2. The topological polar surface area (TPSA) is 113 Å². The number of aromatic nitrogens is 2. The smallest absolute Gasteiger partial charge is 0.291 e. The molecule has 13 heteroatoms. The lowest BCUT2D eigenvalue weighted by molar-refractivity contribution is -0.129. The molecule has 0 radical (unpaired) electrons. The highest BCUT2D eigenvalue weighted by atomic mass is 32.2. The van der Waals surface area contributed by atoms with E-state index in [0.717, 1.165) is 0 Å². The number of nitrogens with zero attached hydrogens (tertiary/aromatic N) is 4. The van der Waals surface area contributed by atoms with Crippen molar-refractivity contribution in [1.82, 2.24) is 19.4 Å². The molecule has 1 fully saturated rings. The molecule has 1 aromatic carbocycles. The van der Waals surface area contributed by atoms with Crippen LogP contribution in [0.2, 0.25) is 0 Å². The van der Waals surface area contributed by atoms with Gasteiger partial charge in [0.2, 0.25) is 21.1 Å². The lowest BCUT2D eigenvalue weighted by Gasteiger charge is -2.33. The first kappa shape index (κ1) is 21.2. The lowest BCUT2D eigenvalue weighted by atomic mass is 10.2. The standard InChI is InChI=1S/C16H17F2N5O4S2/c1-10(24)22-6-8-23(9-7-22)29(26,27)12-4-2-11(3-5-12)14(25)19-16-21-20-15(28-16)13(17)18/h2-5,13H,6-9H2,1H3,(H,19,21,25). The molecule has 1 aromatic heterocycles. The molecule has 1 aliphatic rings. The van der Waals surface area contributed by atoms with Gasteiger partial charge in [0.1, 0.15) is 0 Å². The summed E-state index contributed by atoms with van der Waals surface area (Å²) in [7, 11) is -3.76. The predicted octanol–water partition coefficient (Wildman–Crippen LogP) is 1.58. The maximum atomic E-state index is 12.7. The number of piperazine rings is 1. The van der Waals surface area contributed by atoms with Gasteiger partial charge in [-0.2, -0.15) is 4.31 Å². The molecular weight excluding hydrogens is 428 g/mol. The fourth-order valence-corrected chi connectivity index (χ4v) is 4.73. The van der Waals surface area contributed by atoms with Gasteiger partial charge in [-0.25, -0.2) is 17.2 Å². The summed E-state index contributed by atoms with van der Waals surface area (Å²) in [6.45, 7) is 2.44. The van der Waals surface area contributed by atoms with E-state index in [9.17, 15) is 26.8 Å². The quantitative estimate of drug-likeness (QED) is 0.748.